The fraction of sp³-hybridized carbons (Fsp3) is 0.615. The van der Waals surface area contributed by atoms with Crippen LogP contribution < -0.4 is 5.32 Å². The summed E-state index contributed by atoms with van der Waals surface area (Å²) in [4.78, 5) is 19.7. The van der Waals surface area contributed by atoms with Crippen LogP contribution >= 0.6 is 11.8 Å². The molecule has 0 spiro atoms. The SMILES string of the molecule is CCSC1CCCC(NC(=O)c2cncnc2)C1. The van der Waals surface area contributed by atoms with Crippen LogP contribution in [0.3, 0.4) is 0 Å². The highest BCUT2D eigenvalue weighted by Crippen LogP contribution is 2.28. The van der Waals surface area contributed by atoms with Crippen molar-refractivity contribution in [2.75, 3.05) is 5.75 Å². The lowest BCUT2D eigenvalue weighted by atomic mass is 9.95. The van der Waals surface area contributed by atoms with Gasteiger partial charge in [-0.1, -0.05) is 13.3 Å². The lowest BCUT2D eigenvalue weighted by Gasteiger charge is -2.29. The summed E-state index contributed by atoms with van der Waals surface area (Å²) < 4.78 is 0. The van der Waals surface area contributed by atoms with Crippen LogP contribution in [-0.4, -0.2) is 32.9 Å². The normalized spacial score (nSPS) is 23.6. The van der Waals surface area contributed by atoms with E-state index in [4.69, 9.17) is 0 Å². The van der Waals surface area contributed by atoms with E-state index in [2.05, 4.69) is 22.2 Å². The molecule has 1 aromatic heterocycles. The highest BCUT2D eigenvalue weighted by Gasteiger charge is 2.23. The summed E-state index contributed by atoms with van der Waals surface area (Å²) in [6.45, 7) is 2.19. The first-order chi connectivity index (χ1) is 8.79. The van der Waals surface area contributed by atoms with Gasteiger partial charge in [0.05, 0.1) is 5.56 Å². The average Bonchev–Trinajstić information content (AvgIpc) is 2.40. The number of hydrogen-bond acceptors (Lipinski definition) is 4. The zero-order valence-corrected chi connectivity index (χ0v) is 11.4. The molecule has 0 radical (unpaired) electrons. The third-order valence-electron chi connectivity index (χ3n) is 3.19. The van der Waals surface area contributed by atoms with Crippen LogP contribution in [0.5, 0.6) is 0 Å². The molecule has 2 unspecified atom stereocenters. The van der Waals surface area contributed by atoms with Gasteiger partial charge in [-0.3, -0.25) is 4.79 Å². The van der Waals surface area contributed by atoms with E-state index in [0.29, 0.717) is 16.9 Å². The zero-order valence-electron chi connectivity index (χ0n) is 10.6. The van der Waals surface area contributed by atoms with Crippen LogP contribution in [0.25, 0.3) is 0 Å². The number of aromatic nitrogens is 2. The van der Waals surface area contributed by atoms with E-state index in [9.17, 15) is 4.79 Å². The Bertz CT molecular complexity index is 383. The van der Waals surface area contributed by atoms with Gasteiger partial charge in [0.15, 0.2) is 0 Å². The molecule has 1 aromatic rings. The van der Waals surface area contributed by atoms with Crippen molar-refractivity contribution in [1.82, 2.24) is 15.3 Å². The lowest BCUT2D eigenvalue weighted by Crippen LogP contribution is -2.39. The van der Waals surface area contributed by atoms with E-state index in [1.54, 1.807) is 12.4 Å². The second kappa shape index (κ2) is 6.73. The number of hydrogen-bond donors (Lipinski definition) is 1. The molecule has 1 amide bonds. The maximum Gasteiger partial charge on any atom is 0.254 e. The van der Waals surface area contributed by atoms with E-state index >= 15 is 0 Å². The monoisotopic (exact) mass is 265 g/mol. The Hall–Kier alpha value is -1.10. The first-order valence-electron chi connectivity index (χ1n) is 6.47. The molecule has 98 valence electrons. The van der Waals surface area contributed by atoms with Crippen LogP contribution in [0, 0.1) is 0 Å². The molecule has 1 N–H and O–H groups in total. The minimum atomic E-state index is -0.0530. The molecule has 1 saturated carbocycles. The molecule has 4 nitrogen and oxygen atoms in total. The molecule has 1 aliphatic rings. The minimum Gasteiger partial charge on any atom is -0.349 e. The van der Waals surface area contributed by atoms with E-state index in [1.165, 1.54) is 19.2 Å². The van der Waals surface area contributed by atoms with Gasteiger partial charge < -0.3 is 5.32 Å². The largest absolute Gasteiger partial charge is 0.349 e. The summed E-state index contributed by atoms with van der Waals surface area (Å²) in [5, 5.41) is 3.79. The van der Waals surface area contributed by atoms with Crippen molar-refractivity contribution in [3.63, 3.8) is 0 Å². The standard InChI is InChI=1S/C13H19N3OS/c1-2-18-12-5-3-4-11(6-12)16-13(17)10-7-14-9-15-8-10/h7-9,11-12H,2-6H2,1H3,(H,16,17). The predicted molar refractivity (Wildman–Crippen MR) is 73.7 cm³/mol. The van der Waals surface area contributed by atoms with Crippen LogP contribution in [-0.2, 0) is 0 Å². The molecule has 18 heavy (non-hydrogen) atoms. The highest BCUT2D eigenvalue weighted by molar-refractivity contribution is 7.99. The number of carbonyl (C=O) groups is 1. The second-order valence-corrected chi connectivity index (χ2v) is 6.12. The Labute approximate surface area is 112 Å². The molecular formula is C13H19N3OS. The van der Waals surface area contributed by atoms with E-state index in [0.717, 1.165) is 18.6 Å². The summed E-state index contributed by atoms with van der Waals surface area (Å²) in [6.07, 6.45) is 9.20. The molecule has 0 aliphatic heterocycles. The van der Waals surface area contributed by atoms with Crippen molar-refractivity contribution in [2.24, 2.45) is 0 Å². The number of rotatable bonds is 4. The van der Waals surface area contributed by atoms with Gasteiger partial charge in [0, 0.05) is 23.7 Å². The molecule has 2 rings (SSSR count). The van der Waals surface area contributed by atoms with Crippen molar-refractivity contribution in [3.05, 3.63) is 24.3 Å². The smallest absolute Gasteiger partial charge is 0.254 e. The predicted octanol–water partition coefficient (Wildman–Crippen LogP) is 2.27. The second-order valence-electron chi connectivity index (χ2n) is 4.54. The van der Waals surface area contributed by atoms with E-state index < -0.39 is 0 Å². The summed E-state index contributed by atoms with van der Waals surface area (Å²) in [6, 6.07) is 0.301. The maximum atomic E-state index is 12.0. The summed E-state index contributed by atoms with van der Waals surface area (Å²) in [5.41, 5.74) is 0.544. The number of amides is 1. The first kappa shape index (κ1) is 13.3. The van der Waals surface area contributed by atoms with Crippen molar-refractivity contribution in [1.29, 1.82) is 0 Å². The minimum absolute atomic E-state index is 0.0530. The van der Waals surface area contributed by atoms with Crippen molar-refractivity contribution in [3.8, 4) is 0 Å². The van der Waals surface area contributed by atoms with Crippen LogP contribution in [0.15, 0.2) is 18.7 Å². The Balaban J connectivity index is 1.87. The molecule has 1 heterocycles. The lowest BCUT2D eigenvalue weighted by molar-refractivity contribution is 0.0927. The van der Waals surface area contributed by atoms with Crippen LogP contribution in [0.2, 0.25) is 0 Å². The Kier molecular flexibility index (Phi) is 4.99. The molecule has 1 fully saturated rings. The molecule has 0 aromatic carbocycles. The van der Waals surface area contributed by atoms with Crippen molar-refractivity contribution in [2.45, 2.75) is 43.9 Å². The van der Waals surface area contributed by atoms with Gasteiger partial charge in [-0.2, -0.15) is 11.8 Å². The van der Waals surface area contributed by atoms with Gasteiger partial charge in [0.25, 0.3) is 5.91 Å². The molecular weight excluding hydrogens is 246 g/mol. The fourth-order valence-corrected chi connectivity index (χ4v) is 3.52. The summed E-state index contributed by atoms with van der Waals surface area (Å²) in [5.74, 6) is 1.10. The molecule has 1 aliphatic carbocycles. The number of nitrogens with zero attached hydrogens (tertiary/aromatic N) is 2. The first-order valence-corrected chi connectivity index (χ1v) is 7.52. The van der Waals surface area contributed by atoms with Crippen molar-refractivity contribution < 1.29 is 4.79 Å². The summed E-state index contributed by atoms with van der Waals surface area (Å²) in [7, 11) is 0. The number of carbonyl (C=O) groups excluding carboxylic acids is 1. The molecule has 2 atom stereocenters. The molecule has 5 heteroatoms. The van der Waals surface area contributed by atoms with Gasteiger partial charge >= 0.3 is 0 Å². The number of nitrogens with one attached hydrogen (secondary N) is 1. The van der Waals surface area contributed by atoms with Gasteiger partial charge in [-0.25, -0.2) is 9.97 Å². The van der Waals surface area contributed by atoms with Crippen molar-refractivity contribution >= 4 is 17.7 Å². The Morgan fingerprint density at radius 3 is 2.94 bits per heavy atom. The fourth-order valence-electron chi connectivity index (χ4n) is 2.35. The van der Waals surface area contributed by atoms with Gasteiger partial charge in [0.1, 0.15) is 6.33 Å². The van der Waals surface area contributed by atoms with Crippen LogP contribution in [0.4, 0.5) is 0 Å². The van der Waals surface area contributed by atoms with Gasteiger partial charge in [-0.05, 0) is 25.0 Å². The molecule has 0 bridgehead atoms. The average molecular weight is 265 g/mol. The maximum absolute atomic E-state index is 12.0. The van der Waals surface area contributed by atoms with Gasteiger partial charge in [-0.15, -0.1) is 0 Å². The quantitative estimate of drug-likeness (QED) is 0.907. The topological polar surface area (TPSA) is 54.9 Å². The Morgan fingerprint density at radius 1 is 1.44 bits per heavy atom. The third-order valence-corrected chi connectivity index (χ3v) is 4.42. The summed E-state index contributed by atoms with van der Waals surface area (Å²) >= 11 is 2.00. The Morgan fingerprint density at radius 2 is 2.22 bits per heavy atom. The third kappa shape index (κ3) is 3.70. The highest BCUT2D eigenvalue weighted by atomic mass is 32.2. The van der Waals surface area contributed by atoms with Crippen LogP contribution in [0.1, 0.15) is 43.0 Å². The molecule has 0 saturated heterocycles. The number of thioether (sulfide) groups is 1. The zero-order chi connectivity index (χ0) is 12.8. The van der Waals surface area contributed by atoms with Gasteiger partial charge in [0.2, 0.25) is 0 Å². The van der Waals surface area contributed by atoms with E-state index in [-0.39, 0.29) is 5.91 Å². The van der Waals surface area contributed by atoms with E-state index in [1.807, 2.05) is 11.8 Å².